The fourth-order valence-electron chi connectivity index (χ4n) is 5.20. The summed E-state index contributed by atoms with van der Waals surface area (Å²) in [5.41, 5.74) is 2.26. The molecule has 1 saturated heterocycles. The van der Waals surface area contributed by atoms with Gasteiger partial charge in [0.15, 0.2) is 17.4 Å². The van der Waals surface area contributed by atoms with Crippen molar-refractivity contribution in [1.29, 1.82) is 0 Å². The number of hydrogen-bond acceptors (Lipinski definition) is 8. The number of carbonyl (C=O) groups excluding carboxylic acids is 3. The first-order valence-electron chi connectivity index (χ1n) is 15.2. The first-order chi connectivity index (χ1) is 22.4. The van der Waals surface area contributed by atoms with E-state index in [1.54, 1.807) is 12.3 Å². The maximum absolute atomic E-state index is 14.8. The third kappa shape index (κ3) is 8.98. The van der Waals surface area contributed by atoms with Gasteiger partial charge >= 0.3 is 0 Å². The molecule has 5 rings (SSSR count). The first kappa shape index (κ1) is 35.6. The highest BCUT2D eigenvalue weighted by molar-refractivity contribution is 6.11. The SMILES string of the molecule is CCCOCCOCCOc1ccc(F)c(F)c1C(=O)c1ccc(C(=O)N[C@@H]2CNC[C@H]2NC(=O)c2ccc3c(c2)CN=C3)cc1.Cl. The quantitative estimate of drug-likeness (QED) is 0.166. The van der Waals surface area contributed by atoms with Crippen molar-refractivity contribution in [3.8, 4) is 5.75 Å². The molecule has 2 amide bonds. The number of rotatable bonds is 15. The van der Waals surface area contributed by atoms with E-state index >= 15 is 0 Å². The summed E-state index contributed by atoms with van der Waals surface area (Å²) in [7, 11) is 0. The normalized spacial score (nSPS) is 16.3. The summed E-state index contributed by atoms with van der Waals surface area (Å²) in [6.07, 6.45) is 2.68. The van der Waals surface area contributed by atoms with Gasteiger partial charge in [0.05, 0.1) is 38.4 Å². The van der Waals surface area contributed by atoms with Crippen LogP contribution in [0.15, 0.2) is 59.6 Å². The molecule has 13 heteroatoms. The van der Waals surface area contributed by atoms with Gasteiger partial charge in [0, 0.05) is 42.6 Å². The highest BCUT2D eigenvalue weighted by Crippen LogP contribution is 2.27. The molecule has 0 aliphatic carbocycles. The number of halogens is 3. The summed E-state index contributed by atoms with van der Waals surface area (Å²) in [6.45, 7) is 5.06. The predicted octanol–water partition coefficient (Wildman–Crippen LogP) is 3.87. The lowest BCUT2D eigenvalue weighted by Crippen LogP contribution is -2.51. The largest absolute Gasteiger partial charge is 0.490 e. The number of carbonyl (C=O) groups is 3. The number of nitrogens with one attached hydrogen (secondary N) is 3. The molecular formula is C34H37ClF2N4O6. The topological polar surface area (TPSA) is 127 Å². The number of fused-ring (bicyclic) bond motifs is 1. The van der Waals surface area contributed by atoms with Crippen LogP contribution >= 0.6 is 12.4 Å². The minimum atomic E-state index is -1.33. The zero-order valence-corrected chi connectivity index (χ0v) is 26.7. The molecule has 3 N–H and O–H groups in total. The summed E-state index contributed by atoms with van der Waals surface area (Å²) < 4.78 is 45.3. The van der Waals surface area contributed by atoms with Gasteiger partial charge in [0.1, 0.15) is 17.9 Å². The van der Waals surface area contributed by atoms with Crippen LogP contribution in [0, 0.1) is 11.6 Å². The Morgan fingerprint density at radius 3 is 2.15 bits per heavy atom. The smallest absolute Gasteiger partial charge is 0.251 e. The Labute approximate surface area is 277 Å². The number of aliphatic imine (C=N–C) groups is 1. The highest BCUT2D eigenvalue weighted by atomic mass is 35.5. The molecule has 3 aromatic rings. The molecule has 2 aliphatic heterocycles. The van der Waals surface area contributed by atoms with Gasteiger partial charge in [-0.05, 0) is 53.9 Å². The second-order valence-corrected chi connectivity index (χ2v) is 10.9. The Bertz CT molecular complexity index is 1600. The van der Waals surface area contributed by atoms with E-state index in [1.807, 2.05) is 19.1 Å². The number of hydrogen-bond donors (Lipinski definition) is 3. The molecule has 2 heterocycles. The zero-order chi connectivity index (χ0) is 32.5. The summed E-state index contributed by atoms with van der Waals surface area (Å²) in [5.74, 6) is -4.09. The van der Waals surface area contributed by atoms with Gasteiger partial charge in [0.25, 0.3) is 11.8 Å². The molecule has 2 atom stereocenters. The van der Waals surface area contributed by atoms with E-state index in [0.29, 0.717) is 45.0 Å². The number of amides is 2. The average molecular weight is 671 g/mol. The van der Waals surface area contributed by atoms with Crippen molar-refractivity contribution in [3.05, 3.63) is 99.6 Å². The molecule has 47 heavy (non-hydrogen) atoms. The number of ketones is 1. The lowest BCUT2D eigenvalue weighted by molar-refractivity contribution is 0.0364. The van der Waals surface area contributed by atoms with E-state index in [0.717, 1.165) is 23.6 Å². The Balaban J connectivity index is 0.00000500. The van der Waals surface area contributed by atoms with E-state index in [2.05, 4.69) is 20.9 Å². The summed E-state index contributed by atoms with van der Waals surface area (Å²) in [4.78, 5) is 43.5. The van der Waals surface area contributed by atoms with E-state index in [-0.39, 0.29) is 60.5 Å². The van der Waals surface area contributed by atoms with Crippen LogP contribution in [0.3, 0.4) is 0 Å². The highest BCUT2D eigenvalue weighted by Gasteiger charge is 2.31. The maximum Gasteiger partial charge on any atom is 0.251 e. The number of benzene rings is 3. The van der Waals surface area contributed by atoms with Crippen molar-refractivity contribution < 1.29 is 37.4 Å². The van der Waals surface area contributed by atoms with Crippen molar-refractivity contribution >= 4 is 36.2 Å². The van der Waals surface area contributed by atoms with Crippen LogP contribution in [0.5, 0.6) is 5.75 Å². The Kier molecular flexibility index (Phi) is 12.9. The molecular weight excluding hydrogens is 634 g/mol. The van der Waals surface area contributed by atoms with E-state index in [4.69, 9.17) is 14.2 Å². The van der Waals surface area contributed by atoms with Crippen molar-refractivity contribution in [2.75, 3.05) is 46.1 Å². The minimum Gasteiger partial charge on any atom is -0.490 e. The third-order valence-electron chi connectivity index (χ3n) is 7.64. The zero-order valence-electron chi connectivity index (χ0n) is 25.9. The fraction of sp³-hybridized carbons (Fsp3) is 0.353. The van der Waals surface area contributed by atoms with Crippen molar-refractivity contribution in [3.63, 3.8) is 0 Å². The lowest BCUT2D eigenvalue weighted by Gasteiger charge is -2.21. The van der Waals surface area contributed by atoms with Gasteiger partial charge in [-0.3, -0.25) is 19.4 Å². The standard InChI is InChI=1S/C34H36F2N4O6.ClH/c1-2-11-44-12-13-45-14-15-46-29-10-9-26(35)31(36)30(29)32(41)21-3-5-22(6-4-21)33(42)39-27-19-38-20-28(27)40-34(43)23-7-8-24-17-37-18-25(24)16-23;/h3-10,16-17,27-28,38H,2,11-15,18-20H2,1H3,(H,39,42)(H,40,43);1H/t27-,28-;/m1./s1. The van der Waals surface area contributed by atoms with Gasteiger partial charge in [0.2, 0.25) is 0 Å². The monoisotopic (exact) mass is 670 g/mol. The summed E-state index contributed by atoms with van der Waals surface area (Å²) in [6, 6.07) is 12.4. The average Bonchev–Trinajstić information content (AvgIpc) is 3.72. The predicted molar refractivity (Wildman–Crippen MR) is 174 cm³/mol. The molecule has 10 nitrogen and oxygen atoms in total. The maximum atomic E-state index is 14.8. The van der Waals surface area contributed by atoms with E-state index in [9.17, 15) is 23.2 Å². The Morgan fingerprint density at radius 1 is 0.830 bits per heavy atom. The van der Waals surface area contributed by atoms with Gasteiger partial charge in [-0.2, -0.15) is 0 Å². The fourth-order valence-corrected chi connectivity index (χ4v) is 5.20. The first-order valence-corrected chi connectivity index (χ1v) is 15.2. The van der Waals surface area contributed by atoms with E-state index < -0.39 is 28.9 Å². The third-order valence-corrected chi connectivity index (χ3v) is 7.64. The van der Waals surface area contributed by atoms with Crippen LogP contribution < -0.4 is 20.7 Å². The van der Waals surface area contributed by atoms with Crippen LogP contribution in [0.2, 0.25) is 0 Å². The molecule has 0 spiro atoms. The molecule has 250 valence electrons. The Hall–Kier alpha value is -4.23. The second kappa shape index (κ2) is 17.1. The number of nitrogens with zero attached hydrogens (tertiary/aromatic N) is 1. The van der Waals surface area contributed by atoms with Crippen LogP contribution in [0.4, 0.5) is 8.78 Å². The van der Waals surface area contributed by atoms with E-state index in [1.165, 1.54) is 30.3 Å². The van der Waals surface area contributed by atoms with Crippen LogP contribution in [0.25, 0.3) is 0 Å². The van der Waals surface area contributed by atoms with Crippen molar-refractivity contribution in [1.82, 2.24) is 16.0 Å². The van der Waals surface area contributed by atoms with Crippen molar-refractivity contribution in [2.45, 2.75) is 32.0 Å². The van der Waals surface area contributed by atoms with Crippen LogP contribution in [-0.2, 0) is 16.0 Å². The summed E-state index contributed by atoms with van der Waals surface area (Å²) in [5, 5.41) is 9.10. The molecule has 0 bridgehead atoms. The number of ether oxygens (including phenoxy) is 3. The molecule has 0 unspecified atom stereocenters. The van der Waals surface area contributed by atoms with Gasteiger partial charge in [-0.15, -0.1) is 12.4 Å². The molecule has 2 aliphatic rings. The molecule has 0 radical (unpaired) electrons. The molecule has 0 aromatic heterocycles. The molecule has 1 fully saturated rings. The van der Waals surface area contributed by atoms with Crippen LogP contribution in [-0.4, -0.2) is 82.0 Å². The van der Waals surface area contributed by atoms with Crippen LogP contribution in [0.1, 0.15) is 61.1 Å². The molecule has 3 aromatic carbocycles. The van der Waals surface area contributed by atoms with Gasteiger partial charge in [-0.25, -0.2) is 8.78 Å². The Morgan fingerprint density at radius 2 is 1.45 bits per heavy atom. The molecule has 0 saturated carbocycles. The second-order valence-electron chi connectivity index (χ2n) is 10.9. The lowest BCUT2D eigenvalue weighted by atomic mass is 10.00. The van der Waals surface area contributed by atoms with Gasteiger partial charge < -0.3 is 30.2 Å². The summed E-state index contributed by atoms with van der Waals surface area (Å²) >= 11 is 0. The van der Waals surface area contributed by atoms with Gasteiger partial charge in [-0.1, -0.05) is 25.1 Å². The van der Waals surface area contributed by atoms with Crippen molar-refractivity contribution in [2.24, 2.45) is 4.99 Å². The minimum absolute atomic E-state index is 0.